The van der Waals surface area contributed by atoms with Crippen LogP contribution in [-0.4, -0.2) is 86.9 Å². The summed E-state index contributed by atoms with van der Waals surface area (Å²) in [6.07, 6.45) is -23.5. The number of ether oxygens (including phenoxy) is 1. The van der Waals surface area contributed by atoms with Crippen molar-refractivity contribution in [2.75, 3.05) is 0 Å². The van der Waals surface area contributed by atoms with Gasteiger partial charge in [0.25, 0.3) is 0 Å². The van der Waals surface area contributed by atoms with Gasteiger partial charge in [-0.05, 0) is 0 Å². The Morgan fingerprint density at radius 3 is 1.28 bits per heavy atom. The van der Waals surface area contributed by atoms with Gasteiger partial charge >= 0.3 is 35.8 Å². The van der Waals surface area contributed by atoms with Gasteiger partial charge in [-0.1, -0.05) is 0 Å². The van der Waals surface area contributed by atoms with Gasteiger partial charge in [-0.25, -0.2) is 0 Å². The Kier molecular flexibility index (Phi) is 6.22. The van der Waals surface area contributed by atoms with Gasteiger partial charge in [-0.2, -0.15) is 57.1 Å². The van der Waals surface area contributed by atoms with Gasteiger partial charge in [0, 0.05) is 0 Å². The summed E-state index contributed by atoms with van der Waals surface area (Å²) < 4.78 is 172. The van der Waals surface area contributed by atoms with Crippen molar-refractivity contribution >= 4 is 0 Å². The summed E-state index contributed by atoms with van der Waals surface area (Å²) in [7, 11) is 0. The second kappa shape index (κ2) is 6.96. The third kappa shape index (κ3) is 3.41. The summed E-state index contributed by atoms with van der Waals surface area (Å²) >= 11 is 0. The first kappa shape index (κ1) is 25.9. The predicted molar refractivity (Wildman–Crippen MR) is 59.7 cm³/mol. The van der Waals surface area contributed by atoms with Crippen LogP contribution >= 0.6 is 0 Å². The highest BCUT2D eigenvalue weighted by Gasteiger charge is 2.91. The zero-order valence-corrected chi connectivity index (χ0v) is 13.0. The first-order valence-electron chi connectivity index (χ1n) is 6.83. The summed E-state index contributed by atoms with van der Waals surface area (Å²) in [4.78, 5) is 0. The third-order valence-electron chi connectivity index (χ3n) is 3.92. The molecule has 5 nitrogen and oxygen atoms in total. The molecule has 0 aromatic carbocycles. The lowest BCUT2D eigenvalue weighted by atomic mass is 9.89. The molecule has 1 aliphatic rings. The summed E-state index contributed by atoms with van der Waals surface area (Å²) in [6.45, 7) is 0. The molecule has 29 heavy (non-hydrogen) atoms. The van der Waals surface area contributed by atoms with Gasteiger partial charge in [0.1, 0.15) is 18.3 Å². The largest absolute Gasteiger partial charge is 0.460 e. The number of rotatable bonds is 6. The number of alkyl halides is 13. The number of aliphatic hydroxyl groups is 4. The first-order chi connectivity index (χ1) is 12.5. The molecule has 0 aromatic heterocycles. The molecule has 0 aromatic rings. The van der Waals surface area contributed by atoms with Crippen molar-refractivity contribution in [2.45, 2.75) is 66.5 Å². The fourth-order valence-electron chi connectivity index (χ4n) is 2.12. The molecule has 1 heterocycles. The predicted octanol–water partition coefficient (Wildman–Crippen LogP) is 1.53. The summed E-state index contributed by atoms with van der Waals surface area (Å²) in [5.74, 6) is -39.0. The molecule has 18 heteroatoms. The van der Waals surface area contributed by atoms with Crippen LogP contribution in [-0.2, 0) is 4.74 Å². The SMILES string of the molecule is OC1O[C@H]([C@@H](O)C(F)(F)C(F)(F)C(F)(F)C(F)(F)C(F)(F)C(F)(F)F)[C@H](O)[C@H]1O. The minimum absolute atomic E-state index is 2.60. The molecule has 174 valence electrons. The molecule has 1 fully saturated rings. The fourth-order valence-corrected chi connectivity index (χ4v) is 2.12. The fraction of sp³-hybridized carbons (Fsp3) is 1.00. The highest BCUT2D eigenvalue weighted by Crippen LogP contribution is 2.61. The van der Waals surface area contributed by atoms with Gasteiger partial charge in [0.2, 0.25) is 0 Å². The molecule has 5 atom stereocenters. The van der Waals surface area contributed by atoms with Crippen LogP contribution in [0.25, 0.3) is 0 Å². The molecule has 0 bridgehead atoms. The van der Waals surface area contributed by atoms with Crippen LogP contribution in [0, 0.1) is 0 Å². The van der Waals surface area contributed by atoms with Crippen LogP contribution in [0.2, 0.25) is 0 Å². The Balaban J connectivity index is 3.43. The van der Waals surface area contributed by atoms with E-state index in [0.29, 0.717) is 0 Å². The molecule has 0 spiro atoms. The van der Waals surface area contributed by atoms with E-state index in [1.54, 1.807) is 0 Å². The summed E-state index contributed by atoms with van der Waals surface area (Å²) in [6, 6.07) is 0. The zero-order valence-electron chi connectivity index (χ0n) is 13.0. The van der Waals surface area contributed by atoms with Crippen LogP contribution in [0.5, 0.6) is 0 Å². The summed E-state index contributed by atoms with van der Waals surface area (Å²) in [5.41, 5.74) is 0. The van der Waals surface area contributed by atoms with Gasteiger partial charge in [0.15, 0.2) is 12.4 Å². The van der Waals surface area contributed by atoms with Crippen LogP contribution in [0.15, 0.2) is 0 Å². The van der Waals surface area contributed by atoms with Crippen molar-refractivity contribution in [1.29, 1.82) is 0 Å². The Bertz CT molecular complexity index is 606. The zero-order chi connectivity index (χ0) is 23.6. The average Bonchev–Trinajstić information content (AvgIpc) is 2.79. The lowest BCUT2D eigenvalue weighted by Crippen LogP contribution is -2.72. The monoisotopic (exact) mass is 468 g/mol. The molecule has 0 saturated carbocycles. The van der Waals surface area contributed by atoms with Crippen LogP contribution in [0.3, 0.4) is 0 Å². The van der Waals surface area contributed by atoms with E-state index in [1.807, 2.05) is 0 Å². The molecule has 1 aliphatic heterocycles. The maximum atomic E-state index is 13.7. The van der Waals surface area contributed by atoms with Crippen LogP contribution < -0.4 is 0 Å². The molecule has 1 unspecified atom stereocenters. The van der Waals surface area contributed by atoms with Gasteiger partial charge in [0.05, 0.1) is 0 Å². The van der Waals surface area contributed by atoms with E-state index in [9.17, 15) is 57.1 Å². The van der Waals surface area contributed by atoms with Crippen molar-refractivity contribution in [3.05, 3.63) is 0 Å². The van der Waals surface area contributed by atoms with E-state index in [-0.39, 0.29) is 0 Å². The normalized spacial score (nSPS) is 29.3. The van der Waals surface area contributed by atoms with E-state index >= 15 is 0 Å². The molecule has 0 aliphatic carbocycles. The molecule has 1 rings (SSSR count). The lowest BCUT2D eigenvalue weighted by Gasteiger charge is -2.41. The Hall–Kier alpha value is -1.11. The quantitative estimate of drug-likeness (QED) is 0.445. The lowest BCUT2D eigenvalue weighted by molar-refractivity contribution is -0.446. The van der Waals surface area contributed by atoms with Gasteiger partial charge in [-0.3, -0.25) is 0 Å². The maximum absolute atomic E-state index is 13.7. The van der Waals surface area contributed by atoms with E-state index in [4.69, 9.17) is 20.4 Å². The smallest absolute Gasteiger partial charge is 0.387 e. The molecule has 1 saturated heterocycles. The average molecular weight is 468 g/mol. The van der Waals surface area contributed by atoms with Gasteiger partial charge in [-0.15, -0.1) is 0 Å². The second-order valence-corrected chi connectivity index (χ2v) is 5.84. The molecule has 4 N–H and O–H groups in total. The van der Waals surface area contributed by atoms with E-state index in [2.05, 4.69) is 4.74 Å². The number of aliphatic hydroxyl groups excluding tert-OH is 4. The molecule has 0 radical (unpaired) electrons. The summed E-state index contributed by atoms with van der Waals surface area (Å²) in [5, 5.41) is 36.1. The topological polar surface area (TPSA) is 90.2 Å². The van der Waals surface area contributed by atoms with Crippen LogP contribution in [0.4, 0.5) is 57.1 Å². The van der Waals surface area contributed by atoms with Crippen LogP contribution in [0.1, 0.15) is 0 Å². The van der Waals surface area contributed by atoms with E-state index in [0.717, 1.165) is 0 Å². The third-order valence-corrected chi connectivity index (χ3v) is 3.92. The highest BCUT2D eigenvalue weighted by atomic mass is 19.4. The Labute approximate surface area is 150 Å². The molecular weight excluding hydrogens is 459 g/mol. The van der Waals surface area contributed by atoms with Gasteiger partial charge < -0.3 is 25.2 Å². The van der Waals surface area contributed by atoms with Crippen molar-refractivity contribution in [3.8, 4) is 0 Å². The minimum Gasteiger partial charge on any atom is -0.387 e. The number of hydrogen-bond donors (Lipinski definition) is 4. The highest BCUT2D eigenvalue weighted by molar-refractivity contribution is 5.13. The van der Waals surface area contributed by atoms with E-state index in [1.165, 1.54) is 0 Å². The number of halogens is 13. The van der Waals surface area contributed by atoms with E-state index < -0.39 is 66.5 Å². The first-order valence-corrected chi connectivity index (χ1v) is 6.83. The maximum Gasteiger partial charge on any atom is 0.460 e. The Morgan fingerprint density at radius 2 is 0.966 bits per heavy atom. The Morgan fingerprint density at radius 1 is 0.586 bits per heavy atom. The standard InChI is InChI=1S/C11H9F13O5/c12-6(13,4(27)3-1(25)2(26)5(28)29-3)7(14,15)8(16,17)9(18,19)10(20,21)11(22,23)24/h1-5,25-28H/t1-,2-,3+,4-,5?/m1/s1. The van der Waals surface area contributed by atoms with Crippen molar-refractivity contribution in [3.63, 3.8) is 0 Å². The van der Waals surface area contributed by atoms with Crippen molar-refractivity contribution in [2.24, 2.45) is 0 Å². The van der Waals surface area contributed by atoms with Crippen molar-refractivity contribution in [1.82, 2.24) is 0 Å². The second-order valence-electron chi connectivity index (χ2n) is 5.84. The molecular formula is C11H9F13O5. The number of hydrogen-bond acceptors (Lipinski definition) is 5. The van der Waals surface area contributed by atoms with Crippen molar-refractivity contribution < 1.29 is 82.2 Å². The molecule has 0 amide bonds. The minimum atomic E-state index is -8.15.